The number of hydrogen-bond acceptors (Lipinski definition) is 7. The number of hydrogen-bond donors (Lipinski definition) is 1. The van der Waals surface area contributed by atoms with Crippen molar-refractivity contribution >= 4 is 0 Å². The molecule has 0 spiro atoms. The highest BCUT2D eigenvalue weighted by Gasteiger charge is 2.42. The average Bonchev–Trinajstić information content (AvgIpc) is 3.40. The topological polar surface area (TPSA) is 84.5 Å². The van der Waals surface area contributed by atoms with E-state index in [1.807, 2.05) is 50.5 Å². The van der Waals surface area contributed by atoms with Gasteiger partial charge in [-0.05, 0) is 62.8 Å². The quantitative estimate of drug-likeness (QED) is 0.677. The first-order valence-corrected chi connectivity index (χ1v) is 10.9. The second kappa shape index (κ2) is 8.40. The minimum Gasteiger partial charge on any atom is -0.486 e. The zero-order chi connectivity index (χ0) is 21.4. The van der Waals surface area contributed by atoms with E-state index in [1.54, 1.807) is 6.26 Å². The van der Waals surface area contributed by atoms with Gasteiger partial charge in [0.1, 0.15) is 11.9 Å². The van der Waals surface area contributed by atoms with Gasteiger partial charge in [0.15, 0.2) is 11.6 Å². The molecule has 0 bridgehead atoms. The molecule has 3 aromatic heterocycles. The van der Waals surface area contributed by atoms with Crippen LogP contribution in [-0.4, -0.2) is 50.3 Å². The Bertz CT molecular complexity index is 1020. The van der Waals surface area contributed by atoms with Crippen molar-refractivity contribution in [2.24, 2.45) is 11.8 Å². The average molecular weight is 421 g/mol. The standard InChI is InChI=1S/C24H28N4O3/c1-15-5-6-21(16(2)27-15)31-23-9-19-14-28(13-18(19)8-20(23)29)12-17-10-25-24(26-11-17)22-4-3-7-30-22/h3-7,10-11,18-20,23,29H,8-9,12-14H2,1-2H3/t18-,19+,20+,23+/m0/s1. The van der Waals surface area contributed by atoms with Gasteiger partial charge < -0.3 is 14.3 Å². The zero-order valence-electron chi connectivity index (χ0n) is 17.9. The number of aliphatic hydroxyl groups excluding tert-OH is 1. The summed E-state index contributed by atoms with van der Waals surface area (Å²) < 4.78 is 11.6. The first-order chi connectivity index (χ1) is 15.0. The van der Waals surface area contributed by atoms with E-state index in [9.17, 15) is 5.11 Å². The molecular formula is C24H28N4O3. The number of aryl methyl sites for hydroxylation is 2. The first kappa shape index (κ1) is 20.2. The third-order valence-corrected chi connectivity index (χ3v) is 6.47. The van der Waals surface area contributed by atoms with Gasteiger partial charge in [0.25, 0.3) is 0 Å². The molecule has 1 saturated carbocycles. The predicted molar refractivity (Wildman–Crippen MR) is 115 cm³/mol. The lowest BCUT2D eigenvalue weighted by Gasteiger charge is -2.35. The molecule has 5 rings (SSSR count). The van der Waals surface area contributed by atoms with E-state index in [4.69, 9.17) is 9.15 Å². The third-order valence-electron chi connectivity index (χ3n) is 6.47. The molecule has 0 amide bonds. The lowest BCUT2D eigenvalue weighted by Crippen LogP contribution is -2.42. The molecule has 1 aliphatic heterocycles. The van der Waals surface area contributed by atoms with Crippen molar-refractivity contribution in [3.8, 4) is 17.3 Å². The SMILES string of the molecule is Cc1ccc(O[C@@H]2C[C@@H]3CN(Cc4cnc(-c5ccco5)nc4)C[C@@H]3C[C@H]2O)c(C)n1. The molecule has 2 fully saturated rings. The molecule has 0 radical (unpaired) electrons. The lowest BCUT2D eigenvalue weighted by molar-refractivity contribution is -0.0236. The second-order valence-corrected chi connectivity index (χ2v) is 8.84. The number of pyridine rings is 1. The molecule has 4 atom stereocenters. The van der Waals surface area contributed by atoms with Crippen molar-refractivity contribution in [1.29, 1.82) is 0 Å². The van der Waals surface area contributed by atoms with E-state index in [0.29, 0.717) is 23.4 Å². The van der Waals surface area contributed by atoms with Crippen LogP contribution < -0.4 is 4.74 Å². The summed E-state index contributed by atoms with van der Waals surface area (Å²) in [7, 11) is 0. The Kier molecular flexibility index (Phi) is 5.46. The Balaban J connectivity index is 1.20. The lowest BCUT2D eigenvalue weighted by atomic mass is 9.78. The van der Waals surface area contributed by atoms with Crippen molar-refractivity contribution in [2.45, 2.75) is 45.4 Å². The van der Waals surface area contributed by atoms with E-state index in [2.05, 4.69) is 19.9 Å². The fraction of sp³-hybridized carbons (Fsp3) is 0.458. The fourth-order valence-corrected chi connectivity index (χ4v) is 4.93. The molecule has 4 heterocycles. The van der Waals surface area contributed by atoms with Crippen LogP contribution in [0.4, 0.5) is 0 Å². The van der Waals surface area contributed by atoms with E-state index < -0.39 is 6.10 Å². The molecule has 162 valence electrons. The number of likely N-dealkylation sites (tertiary alicyclic amines) is 1. The number of aromatic nitrogens is 3. The van der Waals surface area contributed by atoms with Gasteiger partial charge in [-0.2, -0.15) is 0 Å². The third kappa shape index (κ3) is 4.34. The Morgan fingerprint density at radius 3 is 2.58 bits per heavy atom. The molecule has 1 aliphatic carbocycles. The van der Waals surface area contributed by atoms with E-state index in [-0.39, 0.29) is 6.10 Å². The highest BCUT2D eigenvalue weighted by Crippen LogP contribution is 2.38. The smallest absolute Gasteiger partial charge is 0.195 e. The highest BCUT2D eigenvalue weighted by molar-refractivity contribution is 5.45. The Hall–Kier alpha value is -2.77. The van der Waals surface area contributed by atoms with Gasteiger partial charge in [-0.15, -0.1) is 0 Å². The molecular weight excluding hydrogens is 392 g/mol. The molecule has 7 nitrogen and oxygen atoms in total. The molecule has 3 aromatic rings. The molecule has 0 unspecified atom stereocenters. The number of rotatable bonds is 5. The van der Waals surface area contributed by atoms with Crippen LogP contribution in [0, 0.1) is 25.7 Å². The van der Waals surface area contributed by atoms with E-state index >= 15 is 0 Å². The first-order valence-electron chi connectivity index (χ1n) is 10.9. The van der Waals surface area contributed by atoms with Crippen LogP contribution in [0.25, 0.3) is 11.6 Å². The van der Waals surface area contributed by atoms with Crippen LogP contribution in [0.1, 0.15) is 29.8 Å². The van der Waals surface area contributed by atoms with Crippen LogP contribution in [0.5, 0.6) is 5.75 Å². The normalized spacial score (nSPS) is 26.0. The minimum absolute atomic E-state index is 0.180. The van der Waals surface area contributed by atoms with E-state index in [0.717, 1.165) is 55.2 Å². The van der Waals surface area contributed by atoms with Gasteiger partial charge in [-0.25, -0.2) is 9.97 Å². The fourth-order valence-electron chi connectivity index (χ4n) is 4.93. The van der Waals surface area contributed by atoms with Gasteiger partial charge in [0.05, 0.1) is 18.1 Å². The largest absolute Gasteiger partial charge is 0.486 e. The maximum absolute atomic E-state index is 10.7. The maximum atomic E-state index is 10.7. The summed E-state index contributed by atoms with van der Waals surface area (Å²) in [5, 5.41) is 10.7. The molecule has 31 heavy (non-hydrogen) atoms. The summed E-state index contributed by atoms with van der Waals surface area (Å²) in [5.74, 6) is 3.08. The van der Waals surface area contributed by atoms with Gasteiger partial charge in [-0.1, -0.05) is 0 Å². The van der Waals surface area contributed by atoms with Crippen LogP contribution in [0.2, 0.25) is 0 Å². The minimum atomic E-state index is -0.446. The Labute approximate surface area is 182 Å². The van der Waals surface area contributed by atoms with Gasteiger partial charge in [0, 0.05) is 43.3 Å². The summed E-state index contributed by atoms with van der Waals surface area (Å²) in [6, 6.07) is 7.61. The monoisotopic (exact) mass is 420 g/mol. The summed E-state index contributed by atoms with van der Waals surface area (Å²) in [4.78, 5) is 15.8. The second-order valence-electron chi connectivity index (χ2n) is 8.84. The van der Waals surface area contributed by atoms with Crippen molar-refractivity contribution < 1.29 is 14.3 Å². The maximum Gasteiger partial charge on any atom is 0.195 e. The van der Waals surface area contributed by atoms with Crippen LogP contribution in [0.3, 0.4) is 0 Å². The van der Waals surface area contributed by atoms with Gasteiger partial charge in [0.2, 0.25) is 0 Å². The number of fused-ring (bicyclic) bond motifs is 1. The molecule has 7 heteroatoms. The van der Waals surface area contributed by atoms with Crippen LogP contribution >= 0.6 is 0 Å². The Morgan fingerprint density at radius 1 is 1.10 bits per heavy atom. The zero-order valence-corrected chi connectivity index (χ0v) is 17.9. The van der Waals surface area contributed by atoms with Crippen LogP contribution in [0.15, 0.2) is 47.3 Å². The van der Waals surface area contributed by atoms with Gasteiger partial charge in [-0.3, -0.25) is 9.88 Å². The number of nitrogens with zero attached hydrogens (tertiary/aromatic N) is 4. The Morgan fingerprint density at radius 2 is 1.87 bits per heavy atom. The van der Waals surface area contributed by atoms with Crippen molar-refractivity contribution in [3.63, 3.8) is 0 Å². The number of aliphatic hydroxyl groups is 1. The molecule has 0 aromatic carbocycles. The molecule has 1 N–H and O–H groups in total. The molecule has 2 aliphatic rings. The highest BCUT2D eigenvalue weighted by atomic mass is 16.5. The summed E-state index contributed by atoms with van der Waals surface area (Å²) in [6.45, 7) is 6.73. The van der Waals surface area contributed by atoms with Crippen molar-refractivity contribution in [2.75, 3.05) is 13.1 Å². The predicted octanol–water partition coefficient (Wildman–Crippen LogP) is 3.40. The summed E-state index contributed by atoms with van der Waals surface area (Å²) in [5.41, 5.74) is 2.94. The van der Waals surface area contributed by atoms with E-state index in [1.165, 1.54) is 0 Å². The van der Waals surface area contributed by atoms with Crippen molar-refractivity contribution in [3.05, 3.63) is 59.9 Å². The summed E-state index contributed by atoms with van der Waals surface area (Å²) in [6.07, 6.45) is 6.39. The molecule has 1 saturated heterocycles. The van der Waals surface area contributed by atoms with Crippen molar-refractivity contribution in [1.82, 2.24) is 19.9 Å². The van der Waals surface area contributed by atoms with Crippen LogP contribution in [-0.2, 0) is 6.54 Å². The number of ether oxygens (including phenoxy) is 1. The van der Waals surface area contributed by atoms with Gasteiger partial charge >= 0.3 is 0 Å². The summed E-state index contributed by atoms with van der Waals surface area (Å²) >= 11 is 0. The number of furan rings is 1.